The van der Waals surface area contributed by atoms with E-state index in [1.807, 2.05) is 43.9 Å². The van der Waals surface area contributed by atoms with Gasteiger partial charge in [0, 0.05) is 41.5 Å². The number of pyridine rings is 2. The van der Waals surface area contributed by atoms with Crippen molar-refractivity contribution in [2.75, 3.05) is 13.1 Å². The first kappa shape index (κ1) is 24.8. The Balaban J connectivity index is 1.43. The Bertz CT molecular complexity index is 1500. The molecule has 1 fully saturated rings. The number of halogens is 1. The molecule has 1 aliphatic heterocycles. The van der Waals surface area contributed by atoms with Crippen molar-refractivity contribution in [2.45, 2.75) is 55.2 Å². The molecule has 0 saturated carbocycles. The van der Waals surface area contributed by atoms with Crippen molar-refractivity contribution >= 4 is 23.4 Å². The Hall–Kier alpha value is -3.91. The van der Waals surface area contributed by atoms with Crippen LogP contribution in [0.5, 0.6) is 0 Å². The normalized spacial score (nSPS) is 16.1. The molecule has 0 bridgehead atoms. The lowest BCUT2D eigenvalue weighted by molar-refractivity contribution is 0.0167. The number of piperidine rings is 1. The largest absolute Gasteiger partial charge is 0.444 e. The van der Waals surface area contributed by atoms with Crippen molar-refractivity contribution in [2.24, 2.45) is 0 Å². The summed E-state index contributed by atoms with van der Waals surface area (Å²) in [4.78, 5) is 19.0. The molecule has 4 aromatic rings. The molecular formula is C26H26FN7O2S. The van der Waals surface area contributed by atoms with Gasteiger partial charge < -0.3 is 9.64 Å². The summed E-state index contributed by atoms with van der Waals surface area (Å²) in [5.74, 6) is -0.569. The van der Waals surface area contributed by atoms with E-state index in [9.17, 15) is 14.4 Å². The quantitative estimate of drug-likeness (QED) is 0.336. The fraction of sp³-hybridized carbons (Fsp3) is 0.346. The smallest absolute Gasteiger partial charge is 0.410 e. The van der Waals surface area contributed by atoms with Crippen LogP contribution in [0.2, 0.25) is 0 Å². The van der Waals surface area contributed by atoms with Crippen molar-refractivity contribution in [3.8, 4) is 17.2 Å². The highest BCUT2D eigenvalue weighted by atomic mass is 32.2. The molecule has 0 N–H and O–H groups in total. The molecule has 11 heteroatoms. The van der Waals surface area contributed by atoms with E-state index in [0.717, 1.165) is 28.9 Å². The molecule has 1 aliphatic rings. The van der Waals surface area contributed by atoms with Gasteiger partial charge in [0.1, 0.15) is 16.7 Å². The van der Waals surface area contributed by atoms with Crippen molar-refractivity contribution in [3.63, 3.8) is 0 Å². The summed E-state index contributed by atoms with van der Waals surface area (Å²) in [5, 5.41) is 19.0. The van der Waals surface area contributed by atoms with Crippen molar-refractivity contribution in [1.29, 1.82) is 5.26 Å². The molecule has 0 unspecified atom stereocenters. The van der Waals surface area contributed by atoms with Crippen LogP contribution < -0.4 is 0 Å². The van der Waals surface area contributed by atoms with E-state index in [1.165, 1.54) is 24.0 Å². The fourth-order valence-electron chi connectivity index (χ4n) is 4.31. The van der Waals surface area contributed by atoms with Crippen LogP contribution in [0.3, 0.4) is 0 Å². The second-order valence-electron chi connectivity index (χ2n) is 9.89. The number of carbonyl (C=O) groups is 1. The first-order valence-corrected chi connectivity index (χ1v) is 12.8. The summed E-state index contributed by atoms with van der Waals surface area (Å²) in [6.07, 6.45) is 8.53. The molecule has 4 aromatic heterocycles. The van der Waals surface area contributed by atoms with Crippen LogP contribution >= 0.6 is 11.8 Å². The molecule has 1 atom stereocenters. The van der Waals surface area contributed by atoms with E-state index >= 15 is 0 Å². The third kappa shape index (κ3) is 5.44. The molecule has 0 aliphatic carbocycles. The molecule has 190 valence electrons. The van der Waals surface area contributed by atoms with Crippen LogP contribution in [0, 0.1) is 17.3 Å². The SMILES string of the molecule is CC(C)(C)OC(=O)N1CCC[C@H](n2cc(-c3cc(Sc4cccc(F)n4)c4c(C#N)cnn4c3)cn2)C1. The number of fused-ring (bicyclic) bond motifs is 1. The average molecular weight is 520 g/mol. The summed E-state index contributed by atoms with van der Waals surface area (Å²) in [6, 6.07) is 8.74. The monoisotopic (exact) mass is 519 g/mol. The predicted molar refractivity (Wildman–Crippen MR) is 136 cm³/mol. The molecule has 1 saturated heterocycles. The number of nitrogens with zero attached hydrogens (tertiary/aromatic N) is 7. The van der Waals surface area contributed by atoms with Gasteiger partial charge in [-0.15, -0.1) is 0 Å². The summed E-state index contributed by atoms with van der Waals surface area (Å²) in [5.41, 5.74) is 2.21. The number of hydrogen-bond acceptors (Lipinski definition) is 7. The van der Waals surface area contributed by atoms with E-state index in [-0.39, 0.29) is 12.1 Å². The molecule has 0 spiro atoms. The number of amides is 1. The highest BCUT2D eigenvalue weighted by Gasteiger charge is 2.29. The molecule has 1 amide bonds. The first-order chi connectivity index (χ1) is 17.7. The van der Waals surface area contributed by atoms with Crippen molar-refractivity contribution in [1.82, 2.24) is 29.3 Å². The van der Waals surface area contributed by atoms with Crippen LogP contribution in [0.1, 0.15) is 45.2 Å². The van der Waals surface area contributed by atoms with Crippen LogP contribution in [0.25, 0.3) is 16.6 Å². The van der Waals surface area contributed by atoms with Gasteiger partial charge in [0.2, 0.25) is 5.95 Å². The molecule has 0 aromatic carbocycles. The lowest BCUT2D eigenvalue weighted by atomic mass is 10.1. The molecule has 37 heavy (non-hydrogen) atoms. The third-order valence-corrected chi connectivity index (χ3v) is 6.93. The number of likely N-dealkylation sites (tertiary alicyclic amines) is 1. The lowest BCUT2D eigenvalue weighted by Gasteiger charge is -2.34. The maximum absolute atomic E-state index is 13.7. The minimum absolute atomic E-state index is 0.0268. The van der Waals surface area contributed by atoms with Gasteiger partial charge in [-0.3, -0.25) is 4.68 Å². The number of hydrogen-bond donors (Lipinski definition) is 0. The molecular weight excluding hydrogens is 493 g/mol. The topological polar surface area (TPSA) is 101 Å². The Morgan fingerprint density at radius 1 is 1.22 bits per heavy atom. The van der Waals surface area contributed by atoms with Gasteiger partial charge in [0.25, 0.3) is 0 Å². The van der Waals surface area contributed by atoms with E-state index < -0.39 is 11.5 Å². The van der Waals surface area contributed by atoms with Crippen molar-refractivity contribution in [3.05, 3.63) is 60.6 Å². The molecule has 0 radical (unpaired) electrons. The van der Waals surface area contributed by atoms with E-state index in [4.69, 9.17) is 4.74 Å². The fourth-order valence-corrected chi connectivity index (χ4v) is 5.30. The van der Waals surface area contributed by atoms with Crippen LogP contribution in [0.15, 0.2) is 59.0 Å². The lowest BCUT2D eigenvalue weighted by Crippen LogP contribution is -2.43. The predicted octanol–water partition coefficient (Wildman–Crippen LogP) is 5.33. The molecule has 5 rings (SSSR count). The zero-order valence-corrected chi connectivity index (χ0v) is 21.6. The second kappa shape index (κ2) is 9.86. The highest BCUT2D eigenvalue weighted by Crippen LogP contribution is 2.35. The van der Waals surface area contributed by atoms with Crippen LogP contribution in [-0.2, 0) is 4.74 Å². The van der Waals surface area contributed by atoms with Gasteiger partial charge in [0.05, 0.1) is 29.5 Å². The Kier molecular flexibility index (Phi) is 6.60. The molecule has 9 nitrogen and oxygen atoms in total. The second-order valence-corrected chi connectivity index (χ2v) is 11.0. The highest BCUT2D eigenvalue weighted by molar-refractivity contribution is 7.99. The minimum Gasteiger partial charge on any atom is -0.444 e. The van der Waals surface area contributed by atoms with E-state index in [1.54, 1.807) is 27.7 Å². The first-order valence-electron chi connectivity index (χ1n) is 11.9. The number of aromatic nitrogens is 5. The van der Waals surface area contributed by atoms with Crippen molar-refractivity contribution < 1.29 is 13.9 Å². The summed E-state index contributed by atoms with van der Waals surface area (Å²) in [6.45, 7) is 6.76. The van der Waals surface area contributed by atoms with Gasteiger partial charge in [-0.2, -0.15) is 19.8 Å². The van der Waals surface area contributed by atoms with Gasteiger partial charge >= 0.3 is 6.09 Å². The standard InChI is InChI=1S/C26H26FN7O2S/c1-26(2,3)36-25(35)32-9-5-6-20(16-32)33-15-19(13-29-33)17-10-21(37-23-8-4-7-22(27)31-23)24-18(11-28)12-30-34(24)14-17/h4,7-8,10,12-15,20H,5-6,9,16H2,1-3H3/t20-/m0/s1. The van der Waals surface area contributed by atoms with E-state index in [2.05, 4.69) is 21.3 Å². The van der Waals surface area contributed by atoms with Gasteiger partial charge in [-0.05, 0) is 51.8 Å². The zero-order chi connectivity index (χ0) is 26.2. The maximum atomic E-state index is 13.7. The van der Waals surface area contributed by atoms with Crippen LogP contribution in [-0.4, -0.2) is 54.1 Å². The zero-order valence-electron chi connectivity index (χ0n) is 20.8. The Labute approximate surface area is 217 Å². The van der Waals surface area contributed by atoms with Gasteiger partial charge in [-0.25, -0.2) is 14.3 Å². The number of ether oxygens (including phenoxy) is 1. The molecule has 5 heterocycles. The maximum Gasteiger partial charge on any atom is 0.410 e. The average Bonchev–Trinajstić information content (AvgIpc) is 3.51. The number of carbonyl (C=O) groups excluding carboxylic acids is 1. The van der Waals surface area contributed by atoms with Gasteiger partial charge in [-0.1, -0.05) is 17.8 Å². The summed E-state index contributed by atoms with van der Waals surface area (Å²) >= 11 is 1.27. The van der Waals surface area contributed by atoms with Gasteiger partial charge in [0.15, 0.2) is 0 Å². The summed E-state index contributed by atoms with van der Waals surface area (Å²) < 4.78 is 22.8. The number of rotatable bonds is 4. The number of nitriles is 1. The Morgan fingerprint density at radius 2 is 2.05 bits per heavy atom. The van der Waals surface area contributed by atoms with Crippen LogP contribution in [0.4, 0.5) is 9.18 Å². The summed E-state index contributed by atoms with van der Waals surface area (Å²) in [7, 11) is 0. The third-order valence-electron chi connectivity index (χ3n) is 5.96. The Morgan fingerprint density at radius 3 is 2.81 bits per heavy atom. The minimum atomic E-state index is -0.569. The van der Waals surface area contributed by atoms with E-state index in [0.29, 0.717) is 29.2 Å².